The third-order valence-corrected chi connectivity index (χ3v) is 5.92. The van der Waals surface area contributed by atoms with Crippen LogP contribution in [0.1, 0.15) is 31.7 Å². The van der Waals surface area contributed by atoms with Gasteiger partial charge in [0.05, 0.1) is 5.75 Å². The topological polar surface area (TPSA) is 49.4 Å². The van der Waals surface area contributed by atoms with Crippen LogP contribution in [0.2, 0.25) is 0 Å². The van der Waals surface area contributed by atoms with Crippen molar-refractivity contribution in [3.05, 3.63) is 35.6 Å². The van der Waals surface area contributed by atoms with Crippen molar-refractivity contribution in [2.45, 2.75) is 38.8 Å². The molecule has 1 fully saturated rings. The Morgan fingerprint density at radius 1 is 1.29 bits per heavy atom. The van der Waals surface area contributed by atoms with Crippen LogP contribution in [0.5, 0.6) is 0 Å². The molecule has 6 heteroatoms. The maximum atomic E-state index is 13.5. The Morgan fingerprint density at radius 3 is 2.57 bits per heavy atom. The van der Waals surface area contributed by atoms with Gasteiger partial charge in [0, 0.05) is 31.2 Å². The highest BCUT2D eigenvalue weighted by Gasteiger charge is 2.26. The molecule has 0 radical (unpaired) electrons. The van der Waals surface area contributed by atoms with E-state index in [1.54, 1.807) is 16.4 Å². The number of benzene rings is 1. The van der Waals surface area contributed by atoms with Crippen LogP contribution < -0.4 is 5.32 Å². The van der Waals surface area contributed by atoms with Crippen molar-refractivity contribution < 1.29 is 12.8 Å². The maximum absolute atomic E-state index is 13.5. The van der Waals surface area contributed by atoms with Gasteiger partial charge >= 0.3 is 0 Å². The van der Waals surface area contributed by atoms with Gasteiger partial charge in [-0.1, -0.05) is 25.1 Å². The van der Waals surface area contributed by atoms with E-state index in [-0.39, 0.29) is 17.6 Å². The molecule has 1 N–H and O–H groups in total. The fraction of sp³-hybridized carbons (Fsp3) is 0.600. The Kier molecular flexibility index (Phi) is 5.72. The summed E-state index contributed by atoms with van der Waals surface area (Å²) in [7, 11) is -3.09. The van der Waals surface area contributed by atoms with E-state index < -0.39 is 10.0 Å². The summed E-state index contributed by atoms with van der Waals surface area (Å²) in [6.07, 6.45) is 2.20. The van der Waals surface area contributed by atoms with E-state index in [1.807, 2.05) is 13.0 Å². The Bertz CT molecular complexity index is 555. The molecule has 0 atom stereocenters. The predicted molar refractivity (Wildman–Crippen MR) is 81.9 cm³/mol. The summed E-state index contributed by atoms with van der Waals surface area (Å²) in [4.78, 5) is 0. The Morgan fingerprint density at radius 2 is 1.95 bits per heavy atom. The highest BCUT2D eigenvalue weighted by Crippen LogP contribution is 2.16. The third kappa shape index (κ3) is 4.49. The summed E-state index contributed by atoms with van der Waals surface area (Å²) in [5.74, 6) is 0.0216. The average Bonchev–Trinajstić information content (AvgIpc) is 2.47. The minimum absolute atomic E-state index is 0.201. The van der Waals surface area contributed by atoms with E-state index in [9.17, 15) is 12.8 Å². The summed E-state index contributed by atoms with van der Waals surface area (Å²) >= 11 is 0. The van der Waals surface area contributed by atoms with Gasteiger partial charge in [-0.05, 0) is 25.3 Å². The lowest BCUT2D eigenvalue weighted by atomic mass is 10.1. The molecule has 0 saturated carbocycles. The summed E-state index contributed by atoms with van der Waals surface area (Å²) in [6, 6.07) is 6.97. The zero-order valence-corrected chi connectivity index (χ0v) is 13.2. The number of hydrogen-bond donors (Lipinski definition) is 1. The minimum atomic E-state index is -3.09. The molecule has 21 heavy (non-hydrogen) atoms. The molecule has 2 rings (SSSR count). The average molecular weight is 314 g/mol. The van der Waals surface area contributed by atoms with E-state index in [2.05, 4.69) is 5.32 Å². The zero-order chi connectivity index (χ0) is 15.3. The number of piperidine rings is 1. The van der Waals surface area contributed by atoms with Gasteiger partial charge in [-0.2, -0.15) is 0 Å². The minimum Gasteiger partial charge on any atom is -0.310 e. The van der Waals surface area contributed by atoms with Crippen LogP contribution >= 0.6 is 0 Å². The van der Waals surface area contributed by atoms with Crippen LogP contribution in [-0.4, -0.2) is 37.6 Å². The standard InChI is InChI=1S/C15H23FN2O2S/c1-2-11-21(19,20)18-9-7-14(8-10-18)17-12-13-5-3-4-6-15(13)16/h3-6,14,17H,2,7-12H2,1H3. The number of rotatable bonds is 6. The largest absolute Gasteiger partial charge is 0.310 e. The molecule has 1 aromatic carbocycles. The van der Waals surface area contributed by atoms with Crippen LogP contribution in [0.3, 0.4) is 0 Å². The summed E-state index contributed by atoms with van der Waals surface area (Å²) in [6.45, 7) is 3.47. The van der Waals surface area contributed by atoms with E-state index >= 15 is 0 Å². The Balaban J connectivity index is 1.81. The second kappa shape index (κ2) is 7.33. The van der Waals surface area contributed by atoms with Crippen molar-refractivity contribution in [1.82, 2.24) is 9.62 Å². The van der Waals surface area contributed by atoms with E-state index in [0.717, 1.165) is 12.8 Å². The number of sulfonamides is 1. The Labute approximate surface area is 126 Å². The monoisotopic (exact) mass is 314 g/mol. The van der Waals surface area contributed by atoms with E-state index in [4.69, 9.17) is 0 Å². The van der Waals surface area contributed by atoms with Crippen LogP contribution in [0.15, 0.2) is 24.3 Å². The van der Waals surface area contributed by atoms with Crippen molar-refractivity contribution in [1.29, 1.82) is 0 Å². The molecule has 0 aliphatic carbocycles. The molecule has 0 unspecified atom stereocenters. The molecule has 0 bridgehead atoms. The SMILES string of the molecule is CCCS(=O)(=O)N1CCC(NCc2ccccc2F)CC1. The molecular formula is C15H23FN2O2S. The molecule has 0 amide bonds. The molecule has 1 heterocycles. The molecule has 0 spiro atoms. The number of hydrogen-bond acceptors (Lipinski definition) is 3. The van der Waals surface area contributed by atoms with Crippen molar-refractivity contribution in [2.75, 3.05) is 18.8 Å². The van der Waals surface area contributed by atoms with Crippen molar-refractivity contribution >= 4 is 10.0 Å². The first-order valence-electron chi connectivity index (χ1n) is 7.47. The number of halogens is 1. The van der Waals surface area contributed by atoms with Gasteiger partial charge in [-0.25, -0.2) is 17.1 Å². The lowest BCUT2D eigenvalue weighted by Crippen LogP contribution is -2.45. The second-order valence-electron chi connectivity index (χ2n) is 5.46. The summed E-state index contributed by atoms with van der Waals surface area (Å²) < 4.78 is 39.0. The second-order valence-corrected chi connectivity index (χ2v) is 7.55. The maximum Gasteiger partial charge on any atom is 0.214 e. The molecule has 4 nitrogen and oxygen atoms in total. The lowest BCUT2D eigenvalue weighted by Gasteiger charge is -2.31. The number of nitrogens with one attached hydrogen (secondary N) is 1. The zero-order valence-electron chi connectivity index (χ0n) is 12.4. The van der Waals surface area contributed by atoms with Gasteiger partial charge in [-0.15, -0.1) is 0 Å². The van der Waals surface area contributed by atoms with Crippen LogP contribution in [0.4, 0.5) is 4.39 Å². The smallest absolute Gasteiger partial charge is 0.214 e. The third-order valence-electron chi connectivity index (χ3n) is 3.85. The molecule has 0 aromatic heterocycles. The normalized spacial score (nSPS) is 18.0. The molecule has 1 aromatic rings. The Hall–Kier alpha value is -0.980. The molecule has 1 aliphatic rings. The summed E-state index contributed by atoms with van der Waals surface area (Å²) in [5.41, 5.74) is 0.651. The van der Waals surface area contributed by atoms with E-state index in [0.29, 0.717) is 31.6 Å². The number of nitrogens with zero attached hydrogens (tertiary/aromatic N) is 1. The summed E-state index contributed by atoms with van der Waals surface area (Å²) in [5, 5.41) is 3.32. The van der Waals surface area contributed by atoms with Gasteiger partial charge in [0.15, 0.2) is 0 Å². The molecule has 1 aliphatic heterocycles. The van der Waals surface area contributed by atoms with E-state index in [1.165, 1.54) is 6.07 Å². The molecular weight excluding hydrogens is 291 g/mol. The quantitative estimate of drug-likeness (QED) is 0.875. The van der Waals surface area contributed by atoms with Crippen molar-refractivity contribution in [3.63, 3.8) is 0 Å². The fourth-order valence-corrected chi connectivity index (χ4v) is 4.16. The van der Waals surface area contributed by atoms with Crippen molar-refractivity contribution in [2.24, 2.45) is 0 Å². The van der Waals surface area contributed by atoms with Gasteiger partial charge < -0.3 is 5.32 Å². The highest BCUT2D eigenvalue weighted by atomic mass is 32.2. The van der Waals surface area contributed by atoms with Gasteiger partial charge in [0.25, 0.3) is 0 Å². The lowest BCUT2D eigenvalue weighted by molar-refractivity contribution is 0.288. The first kappa shape index (κ1) is 16.4. The first-order chi connectivity index (χ1) is 10.0. The van der Waals surface area contributed by atoms with Crippen LogP contribution in [-0.2, 0) is 16.6 Å². The first-order valence-corrected chi connectivity index (χ1v) is 9.08. The van der Waals surface area contributed by atoms with Gasteiger partial charge in [0.1, 0.15) is 5.82 Å². The molecule has 118 valence electrons. The van der Waals surface area contributed by atoms with Crippen LogP contribution in [0.25, 0.3) is 0 Å². The fourth-order valence-electron chi connectivity index (χ4n) is 2.62. The van der Waals surface area contributed by atoms with Gasteiger partial charge in [0.2, 0.25) is 10.0 Å². The van der Waals surface area contributed by atoms with Gasteiger partial charge in [-0.3, -0.25) is 0 Å². The highest BCUT2D eigenvalue weighted by molar-refractivity contribution is 7.89. The molecule has 1 saturated heterocycles. The van der Waals surface area contributed by atoms with Crippen LogP contribution in [0, 0.1) is 5.82 Å². The van der Waals surface area contributed by atoms with Crippen molar-refractivity contribution in [3.8, 4) is 0 Å². The predicted octanol–water partition coefficient (Wildman–Crippen LogP) is 2.12.